The van der Waals surface area contributed by atoms with Crippen molar-refractivity contribution in [3.05, 3.63) is 0 Å². The molecule has 0 aromatic carbocycles. The van der Waals surface area contributed by atoms with Gasteiger partial charge in [-0.15, -0.1) is 0 Å². The summed E-state index contributed by atoms with van der Waals surface area (Å²) in [6.07, 6.45) is 18.9. The molecule has 1 saturated carbocycles. The molecule has 1 N–H and O–H groups in total. The molecule has 0 bridgehead atoms. The van der Waals surface area contributed by atoms with Crippen LogP contribution in [0.2, 0.25) is 0 Å². The lowest BCUT2D eigenvalue weighted by Crippen LogP contribution is -2.14. The number of unbranched alkanes of at least 4 members (excludes halogenated alkanes) is 11. The summed E-state index contributed by atoms with van der Waals surface area (Å²) in [6.45, 7) is 2.27. The lowest BCUT2D eigenvalue weighted by atomic mass is 9.97. The third-order valence-corrected chi connectivity index (χ3v) is 4.82. The van der Waals surface area contributed by atoms with Gasteiger partial charge in [0.05, 0.1) is 5.41 Å². The zero-order valence-electron chi connectivity index (χ0n) is 13.5. The molecule has 0 unspecified atom stereocenters. The van der Waals surface area contributed by atoms with Gasteiger partial charge in [0.2, 0.25) is 0 Å². The van der Waals surface area contributed by atoms with Gasteiger partial charge in [-0.1, -0.05) is 84.0 Å². The highest BCUT2D eigenvalue weighted by atomic mass is 16.4. The largest absolute Gasteiger partial charge is 0.481 e. The monoisotopic (exact) mass is 282 g/mol. The predicted octanol–water partition coefficient (Wildman–Crippen LogP) is 5.94. The highest BCUT2D eigenvalue weighted by molar-refractivity contribution is 5.77. The predicted molar refractivity (Wildman–Crippen MR) is 85.0 cm³/mol. The Labute approximate surface area is 125 Å². The topological polar surface area (TPSA) is 37.3 Å². The minimum absolute atomic E-state index is 0.293. The molecule has 0 spiro atoms. The molecule has 1 rings (SSSR count). The maximum Gasteiger partial charge on any atom is 0.309 e. The van der Waals surface area contributed by atoms with Crippen LogP contribution in [0.25, 0.3) is 0 Å². The summed E-state index contributed by atoms with van der Waals surface area (Å²) in [5.41, 5.74) is -0.293. The van der Waals surface area contributed by atoms with E-state index in [1.807, 2.05) is 0 Å². The molecule has 1 aliphatic carbocycles. The van der Waals surface area contributed by atoms with Crippen LogP contribution in [0.15, 0.2) is 0 Å². The van der Waals surface area contributed by atoms with Gasteiger partial charge >= 0.3 is 5.97 Å². The number of carbonyl (C=O) groups is 1. The van der Waals surface area contributed by atoms with E-state index in [9.17, 15) is 4.79 Å². The fourth-order valence-electron chi connectivity index (χ4n) is 3.03. The van der Waals surface area contributed by atoms with Crippen LogP contribution in [0.5, 0.6) is 0 Å². The van der Waals surface area contributed by atoms with E-state index in [1.165, 1.54) is 70.6 Å². The molecular weight excluding hydrogens is 248 g/mol. The Bertz CT molecular complexity index is 256. The van der Waals surface area contributed by atoms with E-state index in [0.717, 1.165) is 25.7 Å². The maximum atomic E-state index is 11.0. The van der Waals surface area contributed by atoms with E-state index in [1.54, 1.807) is 0 Å². The molecule has 0 saturated heterocycles. The van der Waals surface area contributed by atoms with Crippen LogP contribution in [-0.2, 0) is 4.79 Å². The number of rotatable bonds is 14. The first kappa shape index (κ1) is 17.5. The van der Waals surface area contributed by atoms with E-state index in [2.05, 4.69) is 6.92 Å². The second-order valence-corrected chi connectivity index (χ2v) is 6.72. The fourth-order valence-corrected chi connectivity index (χ4v) is 3.03. The number of aliphatic carboxylic acids is 1. The van der Waals surface area contributed by atoms with Crippen molar-refractivity contribution in [3.8, 4) is 0 Å². The second kappa shape index (κ2) is 10.2. The highest BCUT2D eigenvalue weighted by Crippen LogP contribution is 2.50. The van der Waals surface area contributed by atoms with E-state index >= 15 is 0 Å². The molecule has 0 amide bonds. The summed E-state index contributed by atoms with van der Waals surface area (Å²) in [7, 11) is 0. The van der Waals surface area contributed by atoms with E-state index in [4.69, 9.17) is 5.11 Å². The maximum absolute atomic E-state index is 11.0. The van der Waals surface area contributed by atoms with Crippen molar-refractivity contribution in [1.29, 1.82) is 0 Å². The molecule has 0 aromatic rings. The van der Waals surface area contributed by atoms with Gasteiger partial charge in [0.15, 0.2) is 0 Å². The third-order valence-electron chi connectivity index (χ3n) is 4.82. The summed E-state index contributed by atoms with van der Waals surface area (Å²) in [5.74, 6) is -0.555. The zero-order chi connectivity index (χ0) is 14.7. The first-order chi connectivity index (χ1) is 9.71. The van der Waals surface area contributed by atoms with Crippen LogP contribution in [0.3, 0.4) is 0 Å². The molecular formula is C18H34O2. The number of hydrogen-bond donors (Lipinski definition) is 1. The van der Waals surface area contributed by atoms with Crippen LogP contribution in [0.4, 0.5) is 0 Å². The fraction of sp³-hybridized carbons (Fsp3) is 0.944. The minimum Gasteiger partial charge on any atom is -0.481 e. The van der Waals surface area contributed by atoms with E-state index in [0.29, 0.717) is 0 Å². The molecule has 0 atom stereocenters. The van der Waals surface area contributed by atoms with Gasteiger partial charge in [0.1, 0.15) is 0 Å². The van der Waals surface area contributed by atoms with Crippen LogP contribution < -0.4 is 0 Å². The molecule has 1 aliphatic rings. The summed E-state index contributed by atoms with van der Waals surface area (Å²) in [5, 5.41) is 9.08. The van der Waals surface area contributed by atoms with Crippen molar-refractivity contribution in [2.45, 2.75) is 103 Å². The molecule has 118 valence electrons. The number of carboxylic acids is 1. The van der Waals surface area contributed by atoms with Crippen LogP contribution in [0, 0.1) is 5.41 Å². The van der Waals surface area contributed by atoms with Gasteiger partial charge in [0, 0.05) is 0 Å². The van der Waals surface area contributed by atoms with Crippen molar-refractivity contribution < 1.29 is 9.90 Å². The number of carboxylic acid groups (broad SMARTS) is 1. The van der Waals surface area contributed by atoms with Gasteiger partial charge < -0.3 is 5.11 Å². The summed E-state index contributed by atoms with van der Waals surface area (Å²) in [6, 6.07) is 0. The average Bonchev–Trinajstić information content (AvgIpc) is 3.21. The van der Waals surface area contributed by atoms with Gasteiger partial charge in [-0.3, -0.25) is 4.79 Å². The first-order valence-electron chi connectivity index (χ1n) is 8.95. The molecule has 20 heavy (non-hydrogen) atoms. The summed E-state index contributed by atoms with van der Waals surface area (Å²) < 4.78 is 0. The van der Waals surface area contributed by atoms with E-state index in [-0.39, 0.29) is 5.41 Å². The molecule has 0 aromatic heterocycles. The van der Waals surface area contributed by atoms with Crippen molar-refractivity contribution in [3.63, 3.8) is 0 Å². The molecule has 0 radical (unpaired) electrons. The molecule has 0 aliphatic heterocycles. The Balaban J connectivity index is 1.76. The van der Waals surface area contributed by atoms with E-state index < -0.39 is 5.97 Å². The van der Waals surface area contributed by atoms with Gasteiger partial charge in [0.25, 0.3) is 0 Å². The second-order valence-electron chi connectivity index (χ2n) is 6.72. The van der Waals surface area contributed by atoms with Crippen molar-refractivity contribution in [2.24, 2.45) is 5.41 Å². The van der Waals surface area contributed by atoms with Gasteiger partial charge in [-0.05, 0) is 19.3 Å². The van der Waals surface area contributed by atoms with Gasteiger partial charge in [-0.25, -0.2) is 0 Å². The minimum atomic E-state index is -0.555. The van der Waals surface area contributed by atoms with Crippen molar-refractivity contribution in [2.75, 3.05) is 0 Å². The summed E-state index contributed by atoms with van der Waals surface area (Å²) >= 11 is 0. The Morgan fingerprint density at radius 3 is 1.55 bits per heavy atom. The molecule has 0 heterocycles. The summed E-state index contributed by atoms with van der Waals surface area (Å²) in [4.78, 5) is 11.0. The van der Waals surface area contributed by atoms with Crippen LogP contribution >= 0.6 is 0 Å². The average molecular weight is 282 g/mol. The van der Waals surface area contributed by atoms with Crippen molar-refractivity contribution >= 4 is 5.97 Å². The molecule has 1 fully saturated rings. The SMILES string of the molecule is CCCCCCCCCCCCCCC1(C(=O)O)CC1. The Hall–Kier alpha value is -0.530. The Morgan fingerprint density at radius 2 is 1.20 bits per heavy atom. The van der Waals surface area contributed by atoms with Crippen LogP contribution in [-0.4, -0.2) is 11.1 Å². The molecule has 2 heteroatoms. The van der Waals surface area contributed by atoms with Gasteiger partial charge in [-0.2, -0.15) is 0 Å². The standard InChI is InChI=1S/C18H34O2/c1-2-3-4-5-6-7-8-9-10-11-12-13-14-18(15-16-18)17(19)20/h2-16H2,1H3,(H,19,20). The highest BCUT2D eigenvalue weighted by Gasteiger charge is 2.49. The smallest absolute Gasteiger partial charge is 0.309 e. The van der Waals surface area contributed by atoms with Crippen LogP contribution in [0.1, 0.15) is 103 Å². The normalized spacial score (nSPS) is 16.2. The third kappa shape index (κ3) is 7.31. The Kier molecular flexibility index (Phi) is 8.97. The van der Waals surface area contributed by atoms with Crippen molar-refractivity contribution in [1.82, 2.24) is 0 Å². The number of hydrogen-bond acceptors (Lipinski definition) is 1. The Morgan fingerprint density at radius 1 is 0.800 bits per heavy atom. The lowest BCUT2D eigenvalue weighted by Gasteiger charge is -2.08. The first-order valence-corrected chi connectivity index (χ1v) is 8.95. The quantitative estimate of drug-likeness (QED) is 0.400. The zero-order valence-corrected chi connectivity index (χ0v) is 13.5. The lowest BCUT2D eigenvalue weighted by molar-refractivity contribution is -0.143. The molecule has 2 nitrogen and oxygen atoms in total.